The smallest absolute Gasteiger partial charge is 0.424 e. The highest BCUT2D eigenvalue weighted by molar-refractivity contribution is 7.91. The fraction of sp³-hybridized carbons (Fsp3) is 0.364. The molecule has 0 aromatic heterocycles. The Labute approximate surface area is 117 Å². The van der Waals surface area contributed by atoms with Crippen molar-refractivity contribution >= 4 is 33.6 Å². The molecule has 106 valence electrons. The van der Waals surface area contributed by atoms with Gasteiger partial charge in [0.2, 0.25) is 0 Å². The van der Waals surface area contributed by atoms with Gasteiger partial charge in [0, 0.05) is 14.1 Å². The van der Waals surface area contributed by atoms with E-state index in [-0.39, 0.29) is 12.5 Å². The van der Waals surface area contributed by atoms with Crippen LogP contribution in [0.4, 0.5) is 10.5 Å². The highest BCUT2D eigenvalue weighted by Crippen LogP contribution is 2.17. The number of carbonyl (C=O) groups excluding carboxylic acids is 1. The van der Waals surface area contributed by atoms with Crippen LogP contribution in [0.25, 0.3) is 0 Å². The molecule has 0 saturated carbocycles. The van der Waals surface area contributed by atoms with Crippen LogP contribution < -0.4 is 4.31 Å². The molecule has 0 aliphatic rings. The van der Waals surface area contributed by atoms with E-state index < -0.39 is 16.3 Å². The highest BCUT2D eigenvalue weighted by Gasteiger charge is 2.29. The number of para-hydroxylation sites is 1. The summed E-state index contributed by atoms with van der Waals surface area (Å²) in [5.41, 5.74) is 0.444. The molecular formula is C11H15ClN2O4S. The van der Waals surface area contributed by atoms with Gasteiger partial charge >= 0.3 is 16.3 Å². The maximum atomic E-state index is 12.2. The molecule has 0 atom stereocenters. The minimum absolute atomic E-state index is 0.0463. The molecule has 0 fully saturated rings. The van der Waals surface area contributed by atoms with Gasteiger partial charge in [-0.2, -0.15) is 12.7 Å². The molecule has 1 aromatic rings. The lowest BCUT2D eigenvalue weighted by atomic mass is 10.3. The van der Waals surface area contributed by atoms with E-state index in [1.807, 2.05) is 0 Å². The molecule has 0 spiro atoms. The zero-order valence-corrected chi connectivity index (χ0v) is 12.2. The summed E-state index contributed by atoms with van der Waals surface area (Å²) >= 11 is 5.37. The van der Waals surface area contributed by atoms with Gasteiger partial charge in [0.25, 0.3) is 0 Å². The average Bonchev–Trinajstić information content (AvgIpc) is 2.43. The van der Waals surface area contributed by atoms with Crippen LogP contribution in [-0.4, -0.2) is 45.4 Å². The Bertz CT molecular complexity index is 521. The lowest BCUT2D eigenvalue weighted by molar-refractivity contribution is 0.137. The second kappa shape index (κ2) is 6.63. The molecule has 0 radical (unpaired) electrons. The molecule has 19 heavy (non-hydrogen) atoms. The number of carbonyl (C=O) groups is 1. The number of benzene rings is 1. The summed E-state index contributed by atoms with van der Waals surface area (Å²) in [4.78, 5) is 11.5. The molecule has 6 nitrogen and oxygen atoms in total. The van der Waals surface area contributed by atoms with Gasteiger partial charge in [-0.05, 0) is 12.1 Å². The molecular weight excluding hydrogens is 292 g/mol. The predicted molar refractivity (Wildman–Crippen MR) is 73.6 cm³/mol. The van der Waals surface area contributed by atoms with E-state index in [9.17, 15) is 13.2 Å². The first-order valence-electron chi connectivity index (χ1n) is 5.41. The van der Waals surface area contributed by atoms with E-state index in [0.717, 1.165) is 11.4 Å². The van der Waals surface area contributed by atoms with Gasteiger partial charge in [-0.15, -0.1) is 11.6 Å². The summed E-state index contributed by atoms with van der Waals surface area (Å²) in [6, 6.07) is 8.41. The Kier molecular flexibility index (Phi) is 5.44. The second-order valence-electron chi connectivity index (χ2n) is 3.58. The van der Waals surface area contributed by atoms with Crippen molar-refractivity contribution in [3.63, 3.8) is 0 Å². The van der Waals surface area contributed by atoms with Gasteiger partial charge in [0.15, 0.2) is 0 Å². The first-order chi connectivity index (χ1) is 8.91. The fourth-order valence-corrected chi connectivity index (χ4v) is 2.34. The molecule has 0 heterocycles. The van der Waals surface area contributed by atoms with E-state index >= 15 is 0 Å². The van der Waals surface area contributed by atoms with E-state index in [0.29, 0.717) is 9.99 Å². The number of ether oxygens (including phenoxy) is 1. The molecule has 1 rings (SSSR count). The number of anilines is 1. The number of halogens is 1. The molecule has 8 heteroatoms. The molecule has 0 N–H and O–H groups in total. The topological polar surface area (TPSA) is 66.9 Å². The summed E-state index contributed by atoms with van der Waals surface area (Å²) < 4.78 is 30.5. The first kappa shape index (κ1) is 15.6. The normalized spacial score (nSPS) is 10.9. The van der Waals surface area contributed by atoms with Crippen LogP contribution >= 0.6 is 11.6 Å². The van der Waals surface area contributed by atoms with Crippen LogP contribution in [-0.2, 0) is 14.9 Å². The van der Waals surface area contributed by atoms with Crippen molar-refractivity contribution in [3.05, 3.63) is 30.3 Å². The van der Waals surface area contributed by atoms with Crippen LogP contribution in [0.2, 0.25) is 0 Å². The predicted octanol–water partition coefficient (Wildman–Crippen LogP) is 1.67. The Morgan fingerprint density at radius 3 is 2.37 bits per heavy atom. The maximum Gasteiger partial charge on any atom is 0.424 e. The van der Waals surface area contributed by atoms with Crippen molar-refractivity contribution in [3.8, 4) is 0 Å². The first-order valence-corrected chi connectivity index (χ1v) is 7.35. The van der Waals surface area contributed by atoms with Crippen LogP contribution in [0.1, 0.15) is 0 Å². The third kappa shape index (κ3) is 3.74. The molecule has 0 saturated heterocycles. The molecule has 0 aliphatic heterocycles. The van der Waals surface area contributed by atoms with Gasteiger partial charge in [0.1, 0.15) is 6.61 Å². The zero-order chi connectivity index (χ0) is 14.5. The van der Waals surface area contributed by atoms with Crippen molar-refractivity contribution in [1.82, 2.24) is 4.31 Å². The zero-order valence-electron chi connectivity index (χ0n) is 10.6. The monoisotopic (exact) mass is 306 g/mol. The Morgan fingerprint density at radius 1 is 1.26 bits per heavy atom. The molecule has 0 bridgehead atoms. The number of amides is 1. The van der Waals surface area contributed by atoms with E-state index in [2.05, 4.69) is 4.74 Å². The van der Waals surface area contributed by atoms with Crippen molar-refractivity contribution < 1.29 is 17.9 Å². The van der Waals surface area contributed by atoms with Crippen molar-refractivity contribution in [2.45, 2.75) is 0 Å². The summed E-state index contributed by atoms with van der Waals surface area (Å²) in [5, 5.41) is 0. The van der Waals surface area contributed by atoms with E-state index in [4.69, 9.17) is 11.6 Å². The standard InChI is InChI=1S/C11H15ClN2O4S/c1-13(10-6-4-3-5-7-10)19(16,17)14(2)11(15)18-9-8-12/h3-7H,8-9H2,1-2H3. The molecule has 0 aliphatic carbocycles. The third-order valence-corrected chi connectivity index (χ3v) is 4.27. The van der Waals surface area contributed by atoms with Crippen LogP contribution in [0, 0.1) is 0 Å². The lowest BCUT2D eigenvalue weighted by Crippen LogP contribution is -2.43. The summed E-state index contributed by atoms with van der Waals surface area (Å²) in [6.45, 7) is -0.0463. The summed E-state index contributed by atoms with van der Waals surface area (Å²) in [7, 11) is -1.49. The van der Waals surface area contributed by atoms with E-state index in [1.165, 1.54) is 7.05 Å². The van der Waals surface area contributed by atoms with Gasteiger partial charge < -0.3 is 4.74 Å². The lowest BCUT2D eigenvalue weighted by Gasteiger charge is -2.25. The Balaban J connectivity index is 2.88. The number of alkyl halides is 1. The quantitative estimate of drug-likeness (QED) is 0.776. The molecule has 1 amide bonds. The number of hydrogen-bond donors (Lipinski definition) is 0. The van der Waals surface area contributed by atoms with Crippen molar-refractivity contribution in [2.24, 2.45) is 0 Å². The molecule has 1 aromatic carbocycles. The third-order valence-electron chi connectivity index (χ3n) is 2.37. The minimum Gasteiger partial charge on any atom is -0.447 e. The van der Waals surface area contributed by atoms with Crippen molar-refractivity contribution in [2.75, 3.05) is 30.9 Å². The van der Waals surface area contributed by atoms with Crippen LogP contribution in [0.15, 0.2) is 30.3 Å². The SMILES string of the molecule is CN(C(=O)OCCCl)S(=O)(=O)N(C)c1ccccc1. The average molecular weight is 307 g/mol. The van der Waals surface area contributed by atoms with Crippen molar-refractivity contribution in [1.29, 1.82) is 0 Å². The van der Waals surface area contributed by atoms with Crippen LogP contribution in [0.3, 0.4) is 0 Å². The largest absolute Gasteiger partial charge is 0.447 e. The van der Waals surface area contributed by atoms with Gasteiger partial charge in [0.05, 0.1) is 11.6 Å². The number of hydrogen-bond acceptors (Lipinski definition) is 4. The summed E-state index contributed by atoms with van der Waals surface area (Å²) in [5.74, 6) is 0.105. The minimum atomic E-state index is -3.97. The van der Waals surface area contributed by atoms with E-state index in [1.54, 1.807) is 30.3 Å². The van der Waals surface area contributed by atoms with Gasteiger partial charge in [-0.25, -0.2) is 4.79 Å². The highest BCUT2D eigenvalue weighted by atomic mass is 35.5. The maximum absolute atomic E-state index is 12.2. The number of nitrogens with zero attached hydrogens (tertiary/aromatic N) is 2. The Hall–Kier alpha value is -1.47. The second-order valence-corrected chi connectivity index (χ2v) is 5.95. The number of rotatable bonds is 5. The Morgan fingerprint density at radius 2 is 1.84 bits per heavy atom. The summed E-state index contributed by atoms with van der Waals surface area (Å²) in [6.07, 6.45) is -0.969. The van der Waals surface area contributed by atoms with Gasteiger partial charge in [-0.3, -0.25) is 4.31 Å². The fourth-order valence-electron chi connectivity index (χ4n) is 1.27. The molecule has 0 unspecified atom stereocenters. The van der Waals surface area contributed by atoms with Gasteiger partial charge in [-0.1, -0.05) is 18.2 Å². The van der Waals surface area contributed by atoms with Crippen LogP contribution in [0.5, 0.6) is 0 Å².